The molecule has 0 aromatic carbocycles. The van der Waals surface area contributed by atoms with Crippen molar-refractivity contribution in [1.82, 2.24) is 10.2 Å². The SMILES string of the molecule is COC(=O)C1=CC2NC(=O)N(C3CC3)C2C=C1. The maximum absolute atomic E-state index is 11.8. The van der Waals surface area contributed by atoms with Gasteiger partial charge in [0.15, 0.2) is 0 Å². The van der Waals surface area contributed by atoms with Gasteiger partial charge in [0.05, 0.1) is 24.8 Å². The molecule has 5 heteroatoms. The molecule has 17 heavy (non-hydrogen) atoms. The third-order valence-electron chi connectivity index (χ3n) is 3.41. The number of urea groups is 1. The summed E-state index contributed by atoms with van der Waals surface area (Å²) in [5.74, 6) is -0.362. The van der Waals surface area contributed by atoms with Crippen LogP contribution in [-0.2, 0) is 9.53 Å². The van der Waals surface area contributed by atoms with Crippen molar-refractivity contribution in [3.8, 4) is 0 Å². The number of nitrogens with one attached hydrogen (secondary N) is 1. The van der Waals surface area contributed by atoms with E-state index in [-0.39, 0.29) is 24.1 Å². The van der Waals surface area contributed by atoms with Gasteiger partial charge < -0.3 is 15.0 Å². The molecule has 0 bridgehead atoms. The van der Waals surface area contributed by atoms with Crippen molar-refractivity contribution in [2.24, 2.45) is 0 Å². The lowest BCUT2D eigenvalue weighted by molar-refractivity contribution is -0.135. The quantitative estimate of drug-likeness (QED) is 0.711. The zero-order chi connectivity index (χ0) is 12.0. The smallest absolute Gasteiger partial charge is 0.337 e. The lowest BCUT2D eigenvalue weighted by Crippen LogP contribution is -2.37. The first-order valence-electron chi connectivity index (χ1n) is 5.78. The molecule has 2 unspecified atom stereocenters. The van der Waals surface area contributed by atoms with Gasteiger partial charge in [-0.3, -0.25) is 0 Å². The first-order valence-corrected chi connectivity index (χ1v) is 5.78. The predicted molar refractivity (Wildman–Crippen MR) is 60.2 cm³/mol. The molecule has 2 atom stereocenters. The lowest BCUT2D eigenvalue weighted by Gasteiger charge is -2.24. The average molecular weight is 234 g/mol. The minimum absolute atomic E-state index is 0.0329. The third-order valence-corrected chi connectivity index (χ3v) is 3.41. The van der Waals surface area contributed by atoms with E-state index < -0.39 is 0 Å². The standard InChI is InChI=1S/C12H14N2O3/c1-17-11(15)7-2-5-10-9(6-7)13-12(16)14(10)8-3-4-8/h2,5-6,8-10H,3-4H2,1H3,(H,13,16). The Labute approximate surface area is 99.1 Å². The van der Waals surface area contributed by atoms with Crippen LogP contribution in [0.4, 0.5) is 4.79 Å². The van der Waals surface area contributed by atoms with Gasteiger partial charge in [-0.2, -0.15) is 0 Å². The number of hydrogen-bond donors (Lipinski definition) is 1. The highest BCUT2D eigenvalue weighted by Gasteiger charge is 2.45. The fourth-order valence-corrected chi connectivity index (χ4v) is 2.43. The first-order chi connectivity index (χ1) is 8.20. The van der Waals surface area contributed by atoms with Crippen molar-refractivity contribution in [3.63, 3.8) is 0 Å². The second-order valence-corrected chi connectivity index (χ2v) is 4.58. The topological polar surface area (TPSA) is 58.6 Å². The third kappa shape index (κ3) is 1.62. The van der Waals surface area contributed by atoms with Crippen molar-refractivity contribution in [2.75, 3.05) is 7.11 Å². The van der Waals surface area contributed by atoms with Crippen molar-refractivity contribution in [3.05, 3.63) is 23.8 Å². The minimum Gasteiger partial charge on any atom is -0.465 e. The van der Waals surface area contributed by atoms with E-state index in [0.717, 1.165) is 12.8 Å². The molecule has 2 fully saturated rings. The number of nitrogens with zero attached hydrogens (tertiary/aromatic N) is 1. The van der Waals surface area contributed by atoms with Gasteiger partial charge in [-0.25, -0.2) is 9.59 Å². The Bertz CT molecular complexity index is 437. The number of rotatable bonds is 2. The van der Waals surface area contributed by atoms with Crippen LogP contribution in [0.5, 0.6) is 0 Å². The van der Waals surface area contributed by atoms with Crippen LogP contribution in [0.2, 0.25) is 0 Å². The Hall–Kier alpha value is -1.78. The number of fused-ring (bicyclic) bond motifs is 1. The van der Waals surface area contributed by atoms with Crippen molar-refractivity contribution < 1.29 is 14.3 Å². The summed E-state index contributed by atoms with van der Waals surface area (Å²) in [5.41, 5.74) is 0.506. The van der Waals surface area contributed by atoms with Gasteiger partial charge >= 0.3 is 12.0 Å². The molecule has 5 nitrogen and oxygen atoms in total. The van der Waals surface area contributed by atoms with E-state index in [0.29, 0.717) is 11.6 Å². The Morgan fingerprint density at radius 2 is 2.29 bits per heavy atom. The van der Waals surface area contributed by atoms with Gasteiger partial charge in [-0.1, -0.05) is 6.08 Å². The molecular weight excluding hydrogens is 220 g/mol. The van der Waals surface area contributed by atoms with Gasteiger partial charge in [0.1, 0.15) is 0 Å². The summed E-state index contributed by atoms with van der Waals surface area (Å²) in [6.45, 7) is 0. The summed E-state index contributed by atoms with van der Waals surface area (Å²) < 4.78 is 4.67. The molecule has 0 aromatic rings. The highest BCUT2D eigenvalue weighted by atomic mass is 16.5. The monoisotopic (exact) mass is 234 g/mol. The van der Waals surface area contributed by atoms with Gasteiger partial charge in [-0.15, -0.1) is 0 Å². The van der Waals surface area contributed by atoms with Gasteiger partial charge in [-0.05, 0) is 25.0 Å². The van der Waals surface area contributed by atoms with E-state index in [2.05, 4.69) is 10.1 Å². The van der Waals surface area contributed by atoms with E-state index in [4.69, 9.17) is 0 Å². The summed E-state index contributed by atoms with van der Waals surface area (Å²) in [5, 5.41) is 2.89. The number of esters is 1. The Morgan fingerprint density at radius 1 is 1.53 bits per heavy atom. The number of amides is 2. The van der Waals surface area contributed by atoms with Gasteiger partial charge in [0, 0.05) is 6.04 Å². The number of carbonyl (C=O) groups excluding carboxylic acids is 2. The van der Waals surface area contributed by atoms with Crippen LogP contribution in [-0.4, -0.2) is 42.1 Å². The summed E-state index contributed by atoms with van der Waals surface area (Å²) in [4.78, 5) is 25.1. The summed E-state index contributed by atoms with van der Waals surface area (Å²) >= 11 is 0. The van der Waals surface area contributed by atoms with Crippen LogP contribution in [0.1, 0.15) is 12.8 Å². The Morgan fingerprint density at radius 3 is 2.94 bits per heavy atom. The van der Waals surface area contributed by atoms with E-state index in [1.54, 1.807) is 12.2 Å². The molecule has 0 radical (unpaired) electrons. The second kappa shape index (κ2) is 3.61. The van der Waals surface area contributed by atoms with Crippen molar-refractivity contribution >= 4 is 12.0 Å². The zero-order valence-corrected chi connectivity index (χ0v) is 9.55. The molecule has 2 aliphatic carbocycles. The van der Waals surface area contributed by atoms with Crippen LogP contribution in [0.3, 0.4) is 0 Å². The molecule has 3 aliphatic rings. The number of ether oxygens (including phenoxy) is 1. The molecule has 1 saturated heterocycles. The van der Waals surface area contributed by atoms with E-state index in [1.165, 1.54) is 7.11 Å². The van der Waals surface area contributed by atoms with Crippen molar-refractivity contribution in [1.29, 1.82) is 0 Å². The molecule has 1 aliphatic heterocycles. The van der Waals surface area contributed by atoms with E-state index in [9.17, 15) is 9.59 Å². The molecular formula is C12H14N2O3. The summed E-state index contributed by atoms with van der Waals surface area (Å²) in [7, 11) is 1.35. The van der Waals surface area contributed by atoms with Crippen molar-refractivity contribution in [2.45, 2.75) is 31.0 Å². The highest BCUT2D eigenvalue weighted by molar-refractivity contribution is 5.92. The number of methoxy groups -OCH3 is 1. The summed E-state index contributed by atoms with van der Waals surface area (Å²) in [6, 6.07) is 0.280. The fraction of sp³-hybridized carbons (Fsp3) is 0.500. The van der Waals surface area contributed by atoms with E-state index >= 15 is 0 Å². The molecule has 1 saturated carbocycles. The second-order valence-electron chi connectivity index (χ2n) is 4.58. The van der Waals surface area contributed by atoms with Crippen LogP contribution < -0.4 is 5.32 Å². The normalized spacial score (nSPS) is 30.8. The molecule has 0 aromatic heterocycles. The Balaban J connectivity index is 1.83. The van der Waals surface area contributed by atoms with Crippen LogP contribution in [0, 0.1) is 0 Å². The van der Waals surface area contributed by atoms with Crippen LogP contribution in [0.25, 0.3) is 0 Å². The van der Waals surface area contributed by atoms with E-state index in [1.807, 2.05) is 11.0 Å². The molecule has 3 rings (SSSR count). The number of hydrogen-bond acceptors (Lipinski definition) is 3. The molecule has 90 valence electrons. The maximum atomic E-state index is 11.8. The molecule has 1 N–H and O–H groups in total. The van der Waals surface area contributed by atoms with Gasteiger partial charge in [0.2, 0.25) is 0 Å². The molecule has 2 amide bonds. The average Bonchev–Trinajstić information content (AvgIpc) is 3.10. The number of carbonyl (C=O) groups is 2. The largest absolute Gasteiger partial charge is 0.465 e. The first kappa shape index (κ1) is 10.4. The van der Waals surface area contributed by atoms with Crippen LogP contribution >= 0.6 is 0 Å². The molecule has 0 spiro atoms. The highest BCUT2D eigenvalue weighted by Crippen LogP contribution is 2.34. The zero-order valence-electron chi connectivity index (χ0n) is 9.55. The van der Waals surface area contributed by atoms with Crippen LogP contribution in [0.15, 0.2) is 23.8 Å². The maximum Gasteiger partial charge on any atom is 0.337 e. The lowest BCUT2D eigenvalue weighted by atomic mass is 9.98. The minimum atomic E-state index is -0.362. The molecule has 1 heterocycles. The summed E-state index contributed by atoms with van der Waals surface area (Å²) in [6.07, 6.45) is 7.59. The van der Waals surface area contributed by atoms with Gasteiger partial charge in [0.25, 0.3) is 0 Å². The fourth-order valence-electron chi connectivity index (χ4n) is 2.43. The Kier molecular flexibility index (Phi) is 2.21. The predicted octanol–water partition coefficient (Wildman–Crippen LogP) is 0.580.